The zero-order valence-electron chi connectivity index (χ0n) is 5.93. The first-order chi connectivity index (χ1) is 4.35. The highest BCUT2D eigenvalue weighted by Crippen LogP contribution is 1.85. The van der Waals surface area contributed by atoms with Gasteiger partial charge in [-0.3, -0.25) is 0 Å². The number of aliphatic hydroxyl groups excluding tert-OH is 1. The van der Waals surface area contributed by atoms with E-state index in [1.165, 1.54) is 0 Å². The predicted molar refractivity (Wildman–Crippen MR) is 38.2 cm³/mol. The van der Waals surface area contributed by atoms with Crippen LogP contribution in [0.15, 0.2) is 0 Å². The molecule has 0 radical (unpaired) electrons. The molecule has 1 atom stereocenters. The van der Waals surface area contributed by atoms with Crippen molar-refractivity contribution in [2.75, 3.05) is 19.7 Å². The van der Waals surface area contributed by atoms with Crippen molar-refractivity contribution in [1.82, 2.24) is 5.32 Å². The normalized spacial score (nSPS) is 13.7. The molecule has 3 heteroatoms. The van der Waals surface area contributed by atoms with Gasteiger partial charge in [-0.25, -0.2) is 0 Å². The molecular formula is C6H16N2O. The molecule has 0 saturated heterocycles. The quantitative estimate of drug-likeness (QED) is 0.464. The second kappa shape index (κ2) is 6.01. The fourth-order valence-electron chi connectivity index (χ4n) is 0.625. The Morgan fingerprint density at radius 3 is 2.67 bits per heavy atom. The number of nitrogens with two attached hydrogens (primary N) is 1. The fraction of sp³-hybridized carbons (Fsp3) is 1.00. The highest BCUT2D eigenvalue weighted by atomic mass is 16.3. The van der Waals surface area contributed by atoms with E-state index < -0.39 is 0 Å². The largest absolute Gasteiger partial charge is 0.395 e. The highest BCUT2D eigenvalue weighted by molar-refractivity contribution is 4.61. The standard InChI is InChI=1S/C6H16N2O/c1-2-6(5-9)8-4-3-7/h6,8-9H,2-5,7H2,1H3. The number of hydrogen-bond donors (Lipinski definition) is 3. The molecule has 0 spiro atoms. The first-order valence-corrected chi connectivity index (χ1v) is 3.39. The Bertz CT molecular complexity index is 55.0. The van der Waals surface area contributed by atoms with Gasteiger partial charge in [0.05, 0.1) is 6.61 Å². The van der Waals surface area contributed by atoms with E-state index in [2.05, 4.69) is 5.32 Å². The Hall–Kier alpha value is -0.120. The predicted octanol–water partition coefficient (Wildman–Crippen LogP) is -0.694. The summed E-state index contributed by atoms with van der Waals surface area (Å²) >= 11 is 0. The molecule has 9 heavy (non-hydrogen) atoms. The van der Waals surface area contributed by atoms with Crippen LogP contribution in [-0.2, 0) is 0 Å². The third-order valence-electron chi connectivity index (χ3n) is 1.29. The summed E-state index contributed by atoms with van der Waals surface area (Å²) in [6.45, 7) is 3.66. The van der Waals surface area contributed by atoms with E-state index in [9.17, 15) is 0 Å². The average molecular weight is 132 g/mol. The van der Waals surface area contributed by atoms with Crippen LogP contribution in [0, 0.1) is 0 Å². The Balaban J connectivity index is 3.09. The summed E-state index contributed by atoms with van der Waals surface area (Å²) in [4.78, 5) is 0. The van der Waals surface area contributed by atoms with Gasteiger partial charge in [0.25, 0.3) is 0 Å². The van der Waals surface area contributed by atoms with E-state index in [0.29, 0.717) is 6.54 Å². The summed E-state index contributed by atoms with van der Waals surface area (Å²) in [7, 11) is 0. The van der Waals surface area contributed by atoms with E-state index in [1.807, 2.05) is 6.92 Å². The molecule has 0 aliphatic rings. The molecule has 0 rings (SSSR count). The molecular weight excluding hydrogens is 116 g/mol. The minimum absolute atomic E-state index is 0.205. The Morgan fingerprint density at radius 2 is 2.33 bits per heavy atom. The van der Waals surface area contributed by atoms with Crippen molar-refractivity contribution in [1.29, 1.82) is 0 Å². The highest BCUT2D eigenvalue weighted by Gasteiger charge is 1.99. The Labute approximate surface area is 56.2 Å². The maximum atomic E-state index is 8.65. The van der Waals surface area contributed by atoms with Crippen LogP contribution < -0.4 is 11.1 Å². The third kappa shape index (κ3) is 4.39. The van der Waals surface area contributed by atoms with Gasteiger partial charge in [0.15, 0.2) is 0 Å². The van der Waals surface area contributed by atoms with Gasteiger partial charge in [-0.05, 0) is 6.42 Å². The molecule has 0 fully saturated rings. The van der Waals surface area contributed by atoms with Crippen molar-refractivity contribution in [3.8, 4) is 0 Å². The monoisotopic (exact) mass is 132 g/mol. The van der Waals surface area contributed by atoms with Crippen LogP contribution in [0.1, 0.15) is 13.3 Å². The van der Waals surface area contributed by atoms with E-state index >= 15 is 0 Å². The number of aliphatic hydroxyl groups is 1. The first-order valence-electron chi connectivity index (χ1n) is 3.39. The van der Waals surface area contributed by atoms with Crippen LogP contribution >= 0.6 is 0 Å². The van der Waals surface area contributed by atoms with Crippen LogP contribution in [0.25, 0.3) is 0 Å². The van der Waals surface area contributed by atoms with E-state index in [4.69, 9.17) is 10.8 Å². The summed E-state index contributed by atoms with van der Waals surface area (Å²) in [5, 5.41) is 11.7. The Kier molecular flexibility index (Phi) is 5.93. The molecule has 56 valence electrons. The zero-order chi connectivity index (χ0) is 7.11. The maximum Gasteiger partial charge on any atom is 0.0584 e. The van der Waals surface area contributed by atoms with Crippen molar-refractivity contribution >= 4 is 0 Å². The molecule has 0 aromatic carbocycles. The van der Waals surface area contributed by atoms with Crippen molar-refractivity contribution in [3.63, 3.8) is 0 Å². The topological polar surface area (TPSA) is 58.3 Å². The van der Waals surface area contributed by atoms with Crippen LogP contribution in [-0.4, -0.2) is 30.8 Å². The van der Waals surface area contributed by atoms with Gasteiger partial charge in [0.1, 0.15) is 0 Å². The van der Waals surface area contributed by atoms with Crippen molar-refractivity contribution < 1.29 is 5.11 Å². The lowest BCUT2D eigenvalue weighted by Crippen LogP contribution is -2.35. The number of rotatable bonds is 5. The molecule has 0 aliphatic heterocycles. The summed E-state index contributed by atoms with van der Waals surface area (Å²) in [6, 6.07) is 0.230. The number of nitrogens with one attached hydrogen (secondary N) is 1. The van der Waals surface area contributed by atoms with Crippen molar-refractivity contribution in [2.24, 2.45) is 5.73 Å². The summed E-state index contributed by atoms with van der Waals surface area (Å²) in [5.41, 5.74) is 5.24. The van der Waals surface area contributed by atoms with Gasteiger partial charge < -0.3 is 16.2 Å². The lowest BCUT2D eigenvalue weighted by Gasteiger charge is -2.11. The van der Waals surface area contributed by atoms with Crippen LogP contribution in [0.5, 0.6) is 0 Å². The molecule has 0 aromatic heterocycles. The molecule has 0 amide bonds. The van der Waals surface area contributed by atoms with Crippen LogP contribution in [0.2, 0.25) is 0 Å². The SMILES string of the molecule is CCC(CO)NCCN. The molecule has 3 nitrogen and oxygen atoms in total. The van der Waals surface area contributed by atoms with Gasteiger partial charge in [-0.1, -0.05) is 6.92 Å². The van der Waals surface area contributed by atoms with Gasteiger partial charge in [-0.2, -0.15) is 0 Å². The lowest BCUT2D eigenvalue weighted by atomic mass is 10.2. The average Bonchev–Trinajstić information content (AvgIpc) is 1.91. The van der Waals surface area contributed by atoms with E-state index in [0.717, 1.165) is 13.0 Å². The van der Waals surface area contributed by atoms with Gasteiger partial charge in [0, 0.05) is 19.1 Å². The zero-order valence-corrected chi connectivity index (χ0v) is 5.93. The molecule has 1 unspecified atom stereocenters. The smallest absolute Gasteiger partial charge is 0.0584 e. The Morgan fingerprint density at radius 1 is 1.67 bits per heavy atom. The van der Waals surface area contributed by atoms with Gasteiger partial charge >= 0.3 is 0 Å². The molecule has 0 saturated carbocycles. The second-order valence-electron chi connectivity index (χ2n) is 2.03. The van der Waals surface area contributed by atoms with Gasteiger partial charge in [-0.15, -0.1) is 0 Å². The first kappa shape index (κ1) is 8.88. The molecule has 0 aliphatic carbocycles. The minimum atomic E-state index is 0.205. The molecule has 0 aromatic rings. The summed E-state index contributed by atoms with van der Waals surface area (Å²) < 4.78 is 0. The summed E-state index contributed by atoms with van der Waals surface area (Å²) in [5.74, 6) is 0. The fourth-order valence-corrected chi connectivity index (χ4v) is 0.625. The third-order valence-corrected chi connectivity index (χ3v) is 1.29. The van der Waals surface area contributed by atoms with Crippen LogP contribution in [0.3, 0.4) is 0 Å². The van der Waals surface area contributed by atoms with Crippen LogP contribution in [0.4, 0.5) is 0 Å². The van der Waals surface area contributed by atoms with Crippen molar-refractivity contribution in [2.45, 2.75) is 19.4 Å². The summed E-state index contributed by atoms with van der Waals surface area (Å²) in [6.07, 6.45) is 0.955. The molecule has 0 heterocycles. The number of hydrogen-bond acceptors (Lipinski definition) is 3. The molecule has 0 bridgehead atoms. The van der Waals surface area contributed by atoms with E-state index in [1.54, 1.807) is 0 Å². The van der Waals surface area contributed by atoms with Crippen molar-refractivity contribution in [3.05, 3.63) is 0 Å². The maximum absolute atomic E-state index is 8.65. The lowest BCUT2D eigenvalue weighted by molar-refractivity contribution is 0.240. The van der Waals surface area contributed by atoms with Gasteiger partial charge in [0.2, 0.25) is 0 Å². The van der Waals surface area contributed by atoms with E-state index in [-0.39, 0.29) is 12.6 Å². The minimum Gasteiger partial charge on any atom is -0.395 e. The molecule has 4 N–H and O–H groups in total. The second-order valence-corrected chi connectivity index (χ2v) is 2.03.